The number of nitrogens with zero attached hydrogens (tertiary/aromatic N) is 2. The number of hydrogen-bond donors (Lipinski definition) is 0. The minimum Gasteiger partial charge on any atom is -0.493 e. The van der Waals surface area contributed by atoms with Gasteiger partial charge in [-0.15, -0.1) is 0 Å². The number of methoxy groups -OCH3 is 1. The van der Waals surface area contributed by atoms with Crippen molar-refractivity contribution < 1.29 is 4.74 Å². The topological polar surface area (TPSA) is 25.4 Å². The number of rotatable bonds is 3. The minimum atomic E-state index is 0.488. The average molecular weight is 248 g/mol. The maximum Gasteiger partial charge on any atom is 0.171 e. The summed E-state index contributed by atoms with van der Waals surface area (Å²) in [7, 11) is 1.73. The fraction of sp³-hybridized carbons (Fsp3) is 0.667. The number of hydrogen-bond acceptors (Lipinski definition) is 3. The van der Waals surface area contributed by atoms with Crippen molar-refractivity contribution in [3.63, 3.8) is 0 Å². The molecule has 1 aromatic rings. The van der Waals surface area contributed by atoms with Gasteiger partial charge in [0, 0.05) is 19.3 Å². The van der Waals surface area contributed by atoms with Gasteiger partial charge in [0.05, 0.1) is 7.11 Å². The smallest absolute Gasteiger partial charge is 0.171 e. The highest BCUT2D eigenvalue weighted by Crippen LogP contribution is 2.31. The Kier molecular flexibility index (Phi) is 4.10. The lowest BCUT2D eigenvalue weighted by atomic mass is 9.99. The van der Waals surface area contributed by atoms with Gasteiger partial charge in [0.15, 0.2) is 11.6 Å². The van der Waals surface area contributed by atoms with Crippen LogP contribution in [0.3, 0.4) is 0 Å². The largest absolute Gasteiger partial charge is 0.493 e. The Labute approximate surface area is 110 Å². The second-order valence-electron chi connectivity index (χ2n) is 5.62. The van der Waals surface area contributed by atoms with Gasteiger partial charge in [0.2, 0.25) is 0 Å². The predicted octanol–water partition coefficient (Wildman–Crippen LogP) is 3.45. The van der Waals surface area contributed by atoms with Crippen LogP contribution in [0.25, 0.3) is 0 Å². The zero-order chi connectivity index (χ0) is 13.1. The summed E-state index contributed by atoms with van der Waals surface area (Å²) in [5.41, 5.74) is 1.24. The molecule has 0 spiro atoms. The predicted molar refractivity (Wildman–Crippen MR) is 75.5 cm³/mol. The summed E-state index contributed by atoms with van der Waals surface area (Å²) in [6.07, 6.45) is 4.48. The molecule has 0 atom stereocenters. The third-order valence-electron chi connectivity index (χ3n) is 3.82. The normalized spacial score (nSPS) is 17.3. The highest BCUT2D eigenvalue weighted by atomic mass is 16.5. The quantitative estimate of drug-likeness (QED) is 0.819. The number of anilines is 1. The van der Waals surface area contributed by atoms with Crippen LogP contribution in [0.2, 0.25) is 0 Å². The molecule has 1 aromatic heterocycles. The Morgan fingerprint density at radius 1 is 1.33 bits per heavy atom. The SMILES string of the molecule is COc1cc(C(C)C)cnc1N1CCC(C)CC1. The molecule has 3 heteroatoms. The van der Waals surface area contributed by atoms with Crippen molar-refractivity contribution in [1.82, 2.24) is 4.98 Å². The van der Waals surface area contributed by atoms with Crippen molar-refractivity contribution >= 4 is 5.82 Å². The lowest BCUT2D eigenvalue weighted by Gasteiger charge is -2.32. The Balaban J connectivity index is 2.22. The van der Waals surface area contributed by atoms with Crippen LogP contribution in [-0.4, -0.2) is 25.2 Å². The maximum absolute atomic E-state index is 5.51. The Morgan fingerprint density at radius 3 is 2.56 bits per heavy atom. The molecule has 0 bridgehead atoms. The third kappa shape index (κ3) is 2.77. The molecule has 2 heterocycles. The van der Waals surface area contributed by atoms with Crippen LogP contribution in [0.15, 0.2) is 12.3 Å². The summed E-state index contributed by atoms with van der Waals surface area (Å²) in [5.74, 6) is 3.24. The van der Waals surface area contributed by atoms with E-state index in [1.54, 1.807) is 7.11 Å². The first kappa shape index (κ1) is 13.2. The van der Waals surface area contributed by atoms with E-state index in [0.717, 1.165) is 30.6 Å². The van der Waals surface area contributed by atoms with Crippen molar-refractivity contribution in [3.8, 4) is 5.75 Å². The molecular formula is C15H24N2O. The van der Waals surface area contributed by atoms with E-state index in [-0.39, 0.29) is 0 Å². The van der Waals surface area contributed by atoms with Crippen LogP contribution in [-0.2, 0) is 0 Å². The first-order valence-corrected chi connectivity index (χ1v) is 6.90. The zero-order valence-corrected chi connectivity index (χ0v) is 11.9. The summed E-state index contributed by atoms with van der Waals surface area (Å²) < 4.78 is 5.51. The van der Waals surface area contributed by atoms with E-state index in [4.69, 9.17) is 4.74 Å². The lowest BCUT2D eigenvalue weighted by molar-refractivity contribution is 0.400. The molecule has 100 valence electrons. The fourth-order valence-corrected chi connectivity index (χ4v) is 2.38. The van der Waals surface area contributed by atoms with Crippen molar-refractivity contribution in [2.75, 3.05) is 25.1 Å². The third-order valence-corrected chi connectivity index (χ3v) is 3.82. The summed E-state index contributed by atoms with van der Waals surface area (Å²) in [5, 5.41) is 0. The summed E-state index contributed by atoms with van der Waals surface area (Å²) in [6.45, 7) is 8.86. The molecule has 0 amide bonds. The van der Waals surface area contributed by atoms with Crippen LogP contribution >= 0.6 is 0 Å². The van der Waals surface area contributed by atoms with E-state index in [1.165, 1.54) is 18.4 Å². The van der Waals surface area contributed by atoms with Crippen LogP contribution in [0.5, 0.6) is 5.75 Å². The monoisotopic (exact) mass is 248 g/mol. The highest BCUT2D eigenvalue weighted by Gasteiger charge is 2.20. The Bertz CT molecular complexity index is 395. The van der Waals surface area contributed by atoms with Crippen molar-refractivity contribution in [1.29, 1.82) is 0 Å². The van der Waals surface area contributed by atoms with Gasteiger partial charge in [0.1, 0.15) is 0 Å². The molecule has 3 nitrogen and oxygen atoms in total. The number of pyridine rings is 1. The molecule has 0 aromatic carbocycles. The summed E-state index contributed by atoms with van der Waals surface area (Å²) >= 11 is 0. The van der Waals surface area contributed by atoms with Gasteiger partial charge in [0.25, 0.3) is 0 Å². The van der Waals surface area contributed by atoms with E-state index in [9.17, 15) is 0 Å². The highest BCUT2D eigenvalue weighted by molar-refractivity contribution is 5.54. The van der Waals surface area contributed by atoms with Crippen LogP contribution in [0.4, 0.5) is 5.82 Å². The average Bonchev–Trinajstić information content (AvgIpc) is 2.39. The molecule has 0 saturated carbocycles. The molecule has 0 radical (unpaired) electrons. The molecule has 1 saturated heterocycles. The van der Waals surface area contributed by atoms with Crippen LogP contribution < -0.4 is 9.64 Å². The van der Waals surface area contributed by atoms with Gasteiger partial charge in [-0.3, -0.25) is 0 Å². The van der Waals surface area contributed by atoms with E-state index in [0.29, 0.717) is 5.92 Å². The molecular weight excluding hydrogens is 224 g/mol. The van der Waals surface area contributed by atoms with Crippen LogP contribution in [0, 0.1) is 5.92 Å². The molecule has 2 rings (SSSR count). The molecule has 1 aliphatic rings. The number of piperidine rings is 1. The lowest BCUT2D eigenvalue weighted by Crippen LogP contribution is -2.33. The molecule has 1 fully saturated rings. The van der Waals surface area contributed by atoms with Crippen molar-refractivity contribution in [3.05, 3.63) is 17.8 Å². The first-order chi connectivity index (χ1) is 8.61. The number of ether oxygens (including phenoxy) is 1. The summed E-state index contributed by atoms with van der Waals surface area (Å²) in [4.78, 5) is 6.97. The maximum atomic E-state index is 5.51. The fourth-order valence-electron chi connectivity index (χ4n) is 2.38. The van der Waals surface area contributed by atoms with Gasteiger partial charge >= 0.3 is 0 Å². The summed E-state index contributed by atoms with van der Waals surface area (Å²) in [6, 6.07) is 2.13. The van der Waals surface area contributed by atoms with E-state index >= 15 is 0 Å². The van der Waals surface area contributed by atoms with Crippen LogP contribution in [0.1, 0.15) is 45.1 Å². The van der Waals surface area contributed by atoms with E-state index < -0.39 is 0 Å². The zero-order valence-electron chi connectivity index (χ0n) is 11.9. The molecule has 0 aliphatic carbocycles. The van der Waals surface area contributed by atoms with Crippen molar-refractivity contribution in [2.45, 2.75) is 39.5 Å². The minimum absolute atomic E-state index is 0.488. The number of aromatic nitrogens is 1. The van der Waals surface area contributed by atoms with E-state index in [1.807, 2.05) is 6.20 Å². The van der Waals surface area contributed by atoms with Gasteiger partial charge in [-0.2, -0.15) is 0 Å². The van der Waals surface area contributed by atoms with Gasteiger partial charge in [-0.05, 0) is 36.3 Å². The standard InChI is InChI=1S/C15H24N2O/c1-11(2)13-9-14(18-4)15(16-10-13)17-7-5-12(3)6-8-17/h9-12H,5-8H2,1-4H3. The van der Waals surface area contributed by atoms with E-state index in [2.05, 4.69) is 36.7 Å². The second kappa shape index (κ2) is 5.59. The Hall–Kier alpha value is -1.25. The molecule has 0 N–H and O–H groups in total. The van der Waals surface area contributed by atoms with Gasteiger partial charge in [-0.25, -0.2) is 4.98 Å². The first-order valence-electron chi connectivity index (χ1n) is 6.90. The molecule has 0 unspecified atom stereocenters. The second-order valence-corrected chi connectivity index (χ2v) is 5.62. The molecule has 18 heavy (non-hydrogen) atoms. The van der Waals surface area contributed by atoms with Gasteiger partial charge < -0.3 is 9.64 Å². The Morgan fingerprint density at radius 2 is 2.00 bits per heavy atom. The molecule has 1 aliphatic heterocycles. The van der Waals surface area contributed by atoms with Crippen molar-refractivity contribution in [2.24, 2.45) is 5.92 Å². The van der Waals surface area contributed by atoms with Gasteiger partial charge in [-0.1, -0.05) is 20.8 Å².